The van der Waals surface area contributed by atoms with E-state index in [0.29, 0.717) is 11.4 Å². The lowest BCUT2D eigenvalue weighted by Crippen LogP contribution is -2.17. The molecule has 0 bridgehead atoms. The number of nitriles is 1. The lowest BCUT2D eigenvalue weighted by Gasteiger charge is -2.26. The minimum Gasteiger partial charge on any atom is -0.396 e. The van der Waals surface area contributed by atoms with Gasteiger partial charge in [-0.3, -0.25) is 0 Å². The number of halogens is 1. The van der Waals surface area contributed by atoms with Gasteiger partial charge < -0.3 is 16.0 Å². The minimum atomic E-state index is -0.464. The third-order valence-electron chi connectivity index (χ3n) is 5.22. The van der Waals surface area contributed by atoms with Gasteiger partial charge in [-0.1, -0.05) is 6.07 Å². The number of nitrogens with two attached hydrogens (primary N) is 2. The summed E-state index contributed by atoms with van der Waals surface area (Å²) in [6.07, 6.45) is 6.96. The van der Waals surface area contributed by atoms with Crippen LogP contribution >= 0.6 is 0 Å². The summed E-state index contributed by atoms with van der Waals surface area (Å²) in [7, 11) is 0. The largest absolute Gasteiger partial charge is 0.396 e. The molecule has 6 nitrogen and oxygen atoms in total. The van der Waals surface area contributed by atoms with Crippen molar-refractivity contribution in [2.75, 3.05) is 11.5 Å². The first-order valence-corrected chi connectivity index (χ1v) is 8.64. The highest BCUT2D eigenvalue weighted by Crippen LogP contribution is 2.39. The molecule has 26 heavy (non-hydrogen) atoms. The van der Waals surface area contributed by atoms with Crippen LogP contribution in [-0.2, 0) is 0 Å². The zero-order chi connectivity index (χ0) is 18.3. The van der Waals surface area contributed by atoms with E-state index >= 15 is 0 Å². The smallest absolute Gasteiger partial charge is 0.146 e. The number of anilines is 2. The second-order valence-corrected chi connectivity index (χ2v) is 6.78. The molecule has 4 N–H and O–H groups in total. The van der Waals surface area contributed by atoms with Crippen LogP contribution in [0.3, 0.4) is 0 Å². The molecular formula is C19H19FN6. The first-order chi connectivity index (χ1) is 12.6. The van der Waals surface area contributed by atoms with E-state index in [1.807, 2.05) is 6.20 Å². The standard InChI is InChI=1S/C19H19FN6/c20-15-7-12(3-6-16(15)22)14-9-26(13-4-1-11(8-21)2-5-13)19-17(14)18(23)24-10-25-19/h3,6-7,9-11,13H,1-2,4-5,22H2,(H2,23,24,25). The normalized spacial score (nSPS) is 20.2. The topological polar surface area (TPSA) is 107 Å². The Morgan fingerprint density at radius 2 is 1.92 bits per heavy atom. The van der Waals surface area contributed by atoms with Crippen molar-refractivity contribution in [3.05, 3.63) is 36.5 Å². The van der Waals surface area contributed by atoms with Gasteiger partial charge in [0.2, 0.25) is 0 Å². The summed E-state index contributed by atoms with van der Waals surface area (Å²) in [4.78, 5) is 8.54. The van der Waals surface area contributed by atoms with Crippen molar-refractivity contribution in [3.8, 4) is 17.2 Å². The highest BCUT2D eigenvalue weighted by atomic mass is 19.1. The summed E-state index contributed by atoms with van der Waals surface area (Å²) in [5.74, 6) is 0.0264. The van der Waals surface area contributed by atoms with Crippen molar-refractivity contribution in [1.29, 1.82) is 5.26 Å². The lowest BCUT2D eigenvalue weighted by molar-refractivity contribution is 0.318. The van der Waals surface area contributed by atoms with E-state index in [0.717, 1.165) is 42.3 Å². The van der Waals surface area contributed by atoms with Crippen LogP contribution in [0.1, 0.15) is 31.7 Å². The van der Waals surface area contributed by atoms with Crippen LogP contribution < -0.4 is 11.5 Å². The molecule has 1 aromatic carbocycles. The maximum Gasteiger partial charge on any atom is 0.146 e. The number of nitrogen functional groups attached to an aromatic ring is 2. The van der Waals surface area contributed by atoms with Crippen LogP contribution in [-0.4, -0.2) is 14.5 Å². The zero-order valence-electron chi connectivity index (χ0n) is 14.2. The fourth-order valence-corrected chi connectivity index (χ4v) is 3.78. The van der Waals surface area contributed by atoms with E-state index in [9.17, 15) is 4.39 Å². The highest BCUT2D eigenvalue weighted by molar-refractivity contribution is 6.00. The van der Waals surface area contributed by atoms with Crippen molar-refractivity contribution >= 4 is 22.5 Å². The van der Waals surface area contributed by atoms with Crippen molar-refractivity contribution in [3.63, 3.8) is 0 Å². The first kappa shape index (κ1) is 16.3. The van der Waals surface area contributed by atoms with Gasteiger partial charge in [-0.2, -0.15) is 5.26 Å². The third-order valence-corrected chi connectivity index (χ3v) is 5.22. The predicted octanol–water partition coefficient (Wildman–Crippen LogP) is 3.66. The fraction of sp³-hybridized carbons (Fsp3) is 0.316. The zero-order valence-corrected chi connectivity index (χ0v) is 14.2. The molecule has 132 valence electrons. The number of nitrogens with zero attached hydrogens (tertiary/aromatic N) is 4. The molecule has 0 unspecified atom stereocenters. The number of benzene rings is 1. The third kappa shape index (κ3) is 2.64. The van der Waals surface area contributed by atoms with Crippen molar-refractivity contribution in [2.45, 2.75) is 31.7 Å². The van der Waals surface area contributed by atoms with E-state index < -0.39 is 5.82 Å². The minimum absolute atomic E-state index is 0.108. The molecular weight excluding hydrogens is 331 g/mol. The molecule has 1 aliphatic rings. The quantitative estimate of drug-likeness (QED) is 0.686. The molecule has 0 radical (unpaired) electrons. The number of hydrogen-bond donors (Lipinski definition) is 2. The Hall–Kier alpha value is -3.14. The van der Waals surface area contributed by atoms with Gasteiger partial charge in [-0.15, -0.1) is 0 Å². The van der Waals surface area contributed by atoms with E-state index in [1.165, 1.54) is 12.4 Å². The fourth-order valence-electron chi connectivity index (χ4n) is 3.78. The van der Waals surface area contributed by atoms with Crippen LogP contribution in [0.15, 0.2) is 30.7 Å². The molecule has 0 spiro atoms. The van der Waals surface area contributed by atoms with Crippen molar-refractivity contribution in [2.24, 2.45) is 5.92 Å². The van der Waals surface area contributed by atoms with Crippen LogP contribution in [0.25, 0.3) is 22.2 Å². The summed E-state index contributed by atoms with van der Waals surface area (Å²) < 4.78 is 16.1. The number of hydrogen-bond acceptors (Lipinski definition) is 5. The van der Waals surface area contributed by atoms with Gasteiger partial charge in [0.15, 0.2) is 0 Å². The maximum atomic E-state index is 14.0. The summed E-state index contributed by atoms with van der Waals surface area (Å²) in [5, 5.41) is 9.84. The van der Waals surface area contributed by atoms with Crippen LogP contribution in [0.2, 0.25) is 0 Å². The van der Waals surface area contributed by atoms with Gasteiger partial charge in [-0.05, 0) is 43.4 Å². The molecule has 1 aliphatic carbocycles. The molecule has 2 heterocycles. The summed E-state index contributed by atoms with van der Waals surface area (Å²) in [6.45, 7) is 0. The van der Waals surface area contributed by atoms with Crippen molar-refractivity contribution in [1.82, 2.24) is 14.5 Å². The summed E-state index contributed by atoms with van der Waals surface area (Å²) in [6, 6.07) is 7.33. The molecule has 2 aromatic heterocycles. The van der Waals surface area contributed by atoms with Crippen LogP contribution in [0.5, 0.6) is 0 Å². The molecule has 0 amide bonds. The molecule has 3 aromatic rings. The van der Waals surface area contributed by atoms with Gasteiger partial charge in [0, 0.05) is 23.7 Å². The highest BCUT2D eigenvalue weighted by Gasteiger charge is 2.25. The Kier molecular flexibility index (Phi) is 3.96. The Morgan fingerprint density at radius 1 is 1.15 bits per heavy atom. The SMILES string of the molecule is N#CC1CCC(n2cc(-c3ccc(N)c(F)c3)c3c(N)ncnc32)CC1. The summed E-state index contributed by atoms with van der Waals surface area (Å²) >= 11 is 0. The molecule has 0 saturated heterocycles. The lowest BCUT2D eigenvalue weighted by atomic mass is 9.87. The Morgan fingerprint density at radius 3 is 2.62 bits per heavy atom. The van der Waals surface area contributed by atoms with Gasteiger partial charge >= 0.3 is 0 Å². The second-order valence-electron chi connectivity index (χ2n) is 6.78. The maximum absolute atomic E-state index is 14.0. The average molecular weight is 350 g/mol. The van der Waals surface area contributed by atoms with Crippen molar-refractivity contribution < 1.29 is 4.39 Å². The van der Waals surface area contributed by atoms with Gasteiger partial charge in [0.1, 0.15) is 23.6 Å². The van der Waals surface area contributed by atoms with E-state index in [4.69, 9.17) is 16.7 Å². The monoisotopic (exact) mass is 350 g/mol. The Balaban J connectivity index is 1.84. The van der Waals surface area contributed by atoms with E-state index in [-0.39, 0.29) is 17.6 Å². The second kappa shape index (κ2) is 6.30. The van der Waals surface area contributed by atoms with Gasteiger partial charge in [0.25, 0.3) is 0 Å². The average Bonchev–Trinajstić information content (AvgIpc) is 3.05. The number of aromatic nitrogens is 3. The number of rotatable bonds is 2. The Labute approximate surface area is 150 Å². The molecule has 7 heteroatoms. The van der Waals surface area contributed by atoms with Gasteiger partial charge in [-0.25, -0.2) is 14.4 Å². The molecule has 1 fully saturated rings. The van der Waals surface area contributed by atoms with Gasteiger partial charge in [0.05, 0.1) is 17.1 Å². The van der Waals surface area contributed by atoms with Crippen LogP contribution in [0, 0.1) is 23.1 Å². The molecule has 0 atom stereocenters. The summed E-state index contributed by atoms with van der Waals surface area (Å²) in [5.41, 5.74) is 14.1. The predicted molar refractivity (Wildman–Crippen MR) is 98.4 cm³/mol. The van der Waals surface area contributed by atoms with E-state index in [1.54, 1.807) is 12.1 Å². The number of fused-ring (bicyclic) bond motifs is 1. The first-order valence-electron chi connectivity index (χ1n) is 8.64. The Bertz CT molecular complexity index is 1010. The molecule has 0 aliphatic heterocycles. The van der Waals surface area contributed by atoms with E-state index in [2.05, 4.69) is 20.6 Å². The molecule has 1 saturated carbocycles. The van der Waals surface area contributed by atoms with Crippen LogP contribution in [0.4, 0.5) is 15.9 Å². The molecule has 4 rings (SSSR count).